The molecule has 0 saturated carbocycles. The average molecular weight is 581 g/mol. The monoisotopic (exact) mass is 581 g/mol. The third kappa shape index (κ3) is 29.0. The second kappa shape index (κ2) is 32.0. The first-order valence-corrected chi connectivity index (χ1v) is 18.3. The maximum absolute atomic E-state index is 12.0. The van der Waals surface area contributed by atoms with E-state index in [0.717, 1.165) is 44.4 Å². The molecule has 244 valence electrons. The Morgan fingerprint density at radius 1 is 0.488 bits per heavy atom. The van der Waals surface area contributed by atoms with Crippen molar-refractivity contribution in [2.24, 2.45) is 5.92 Å². The Balaban J connectivity index is 3.50. The van der Waals surface area contributed by atoms with Crippen molar-refractivity contribution in [2.75, 3.05) is 7.11 Å². The van der Waals surface area contributed by atoms with E-state index < -0.39 is 0 Å². The fourth-order valence-corrected chi connectivity index (χ4v) is 5.90. The van der Waals surface area contributed by atoms with Gasteiger partial charge in [0.15, 0.2) is 0 Å². The topological polar surface area (TPSA) is 52.6 Å². The van der Waals surface area contributed by atoms with E-state index in [-0.39, 0.29) is 11.9 Å². The van der Waals surface area contributed by atoms with Crippen LogP contribution in [0.1, 0.15) is 207 Å². The van der Waals surface area contributed by atoms with Crippen LogP contribution in [0.15, 0.2) is 0 Å². The number of methoxy groups -OCH3 is 1. The summed E-state index contributed by atoms with van der Waals surface area (Å²) in [6, 6.07) is 0. The molecule has 0 aliphatic carbocycles. The molecule has 0 aromatic carbocycles. The average Bonchev–Trinajstić information content (AvgIpc) is 2.97. The van der Waals surface area contributed by atoms with Crippen molar-refractivity contribution in [3.05, 3.63) is 0 Å². The van der Waals surface area contributed by atoms with Crippen molar-refractivity contribution < 1.29 is 19.1 Å². The van der Waals surface area contributed by atoms with Crippen molar-refractivity contribution in [3.8, 4) is 0 Å². The molecule has 4 heteroatoms. The summed E-state index contributed by atoms with van der Waals surface area (Å²) in [7, 11) is 1.86. The van der Waals surface area contributed by atoms with E-state index in [4.69, 9.17) is 9.47 Å². The van der Waals surface area contributed by atoms with Gasteiger partial charge in [-0.2, -0.15) is 0 Å². The second-order valence-electron chi connectivity index (χ2n) is 12.7. The fourth-order valence-electron chi connectivity index (χ4n) is 5.90. The number of rotatable bonds is 32. The molecule has 0 saturated heterocycles. The van der Waals surface area contributed by atoms with Crippen LogP contribution in [0.4, 0.5) is 0 Å². The highest BCUT2D eigenvalue weighted by atomic mass is 16.6. The minimum atomic E-state index is -0.340. The first-order chi connectivity index (χ1) is 20.1. The van der Waals surface area contributed by atoms with Gasteiger partial charge in [0.05, 0.1) is 6.10 Å². The summed E-state index contributed by atoms with van der Waals surface area (Å²) in [6.45, 7) is 6.85. The van der Waals surface area contributed by atoms with E-state index in [2.05, 4.69) is 20.8 Å². The van der Waals surface area contributed by atoms with Crippen LogP contribution in [0, 0.1) is 5.92 Å². The first kappa shape index (κ1) is 40.1. The van der Waals surface area contributed by atoms with Gasteiger partial charge >= 0.3 is 11.9 Å². The van der Waals surface area contributed by atoms with Crippen molar-refractivity contribution in [1.82, 2.24) is 0 Å². The van der Waals surface area contributed by atoms with Gasteiger partial charge in [0, 0.05) is 20.0 Å². The number of unbranched alkanes of at least 4 members (excludes halogenated alkanes) is 20. The van der Waals surface area contributed by atoms with Crippen LogP contribution in [0.3, 0.4) is 0 Å². The number of esters is 2. The van der Waals surface area contributed by atoms with Crippen LogP contribution >= 0.6 is 0 Å². The molecule has 0 N–H and O–H groups in total. The summed E-state index contributed by atoms with van der Waals surface area (Å²) in [5.74, 6) is 0.125. The second-order valence-corrected chi connectivity index (χ2v) is 12.7. The Kier molecular flexibility index (Phi) is 31.3. The molecule has 0 bridgehead atoms. The van der Waals surface area contributed by atoms with Gasteiger partial charge in [-0.3, -0.25) is 9.59 Å². The highest BCUT2D eigenvalue weighted by Crippen LogP contribution is 2.23. The zero-order valence-corrected chi connectivity index (χ0v) is 28.3. The van der Waals surface area contributed by atoms with Crippen LogP contribution in [-0.2, 0) is 19.1 Å². The van der Waals surface area contributed by atoms with E-state index >= 15 is 0 Å². The zero-order valence-electron chi connectivity index (χ0n) is 28.3. The summed E-state index contributed by atoms with van der Waals surface area (Å²) in [4.78, 5) is 23.9. The molecule has 0 aromatic rings. The Morgan fingerprint density at radius 2 is 0.878 bits per heavy atom. The third-order valence-corrected chi connectivity index (χ3v) is 8.84. The van der Waals surface area contributed by atoms with Gasteiger partial charge in [0.2, 0.25) is 0 Å². The van der Waals surface area contributed by atoms with Crippen LogP contribution in [0.25, 0.3) is 0 Å². The van der Waals surface area contributed by atoms with E-state index in [9.17, 15) is 9.59 Å². The molecule has 0 aromatic heterocycles. The molecule has 0 amide bonds. The largest absolute Gasteiger partial charge is 0.393 e. The molecule has 41 heavy (non-hydrogen) atoms. The maximum atomic E-state index is 12.0. The van der Waals surface area contributed by atoms with Crippen molar-refractivity contribution >= 4 is 11.9 Å². The quantitative estimate of drug-likeness (QED) is 0.0451. The molecule has 0 spiro atoms. The van der Waals surface area contributed by atoms with Gasteiger partial charge in [0.1, 0.15) is 0 Å². The summed E-state index contributed by atoms with van der Waals surface area (Å²) in [5, 5.41) is 0. The molecule has 0 heterocycles. The van der Waals surface area contributed by atoms with Crippen LogP contribution in [0.5, 0.6) is 0 Å². The molecule has 0 fully saturated rings. The SMILES string of the molecule is CCCCCCCCCCCCCCCCCC(=O)OC(=O)CCCCCCCCC(CC(CC)CCCC)OC. The number of ether oxygens (including phenoxy) is 2. The maximum Gasteiger partial charge on any atom is 0.313 e. The van der Waals surface area contributed by atoms with E-state index in [1.165, 1.54) is 135 Å². The summed E-state index contributed by atoms with van der Waals surface area (Å²) < 4.78 is 10.8. The lowest BCUT2D eigenvalue weighted by Gasteiger charge is -2.21. The minimum Gasteiger partial charge on any atom is -0.393 e. The first-order valence-electron chi connectivity index (χ1n) is 18.3. The van der Waals surface area contributed by atoms with Crippen molar-refractivity contribution in [3.63, 3.8) is 0 Å². The number of hydrogen-bond acceptors (Lipinski definition) is 4. The summed E-state index contributed by atoms with van der Waals surface area (Å²) in [6.07, 6.45) is 34.9. The zero-order chi connectivity index (χ0) is 30.2. The van der Waals surface area contributed by atoms with Gasteiger partial charge in [-0.1, -0.05) is 168 Å². The number of carbonyl (C=O) groups is 2. The lowest BCUT2D eigenvalue weighted by Crippen LogP contribution is -2.16. The molecular formula is C37H72O4. The van der Waals surface area contributed by atoms with E-state index in [1.807, 2.05) is 7.11 Å². The smallest absolute Gasteiger partial charge is 0.313 e. The number of hydrogen-bond donors (Lipinski definition) is 0. The van der Waals surface area contributed by atoms with E-state index in [0.29, 0.717) is 18.9 Å². The molecular weight excluding hydrogens is 508 g/mol. The predicted octanol–water partition coefficient (Wildman–Crippen LogP) is 12.1. The summed E-state index contributed by atoms with van der Waals surface area (Å²) in [5.41, 5.74) is 0. The van der Waals surface area contributed by atoms with Crippen molar-refractivity contribution in [1.29, 1.82) is 0 Å². The van der Waals surface area contributed by atoms with Crippen LogP contribution < -0.4 is 0 Å². The molecule has 0 radical (unpaired) electrons. The van der Waals surface area contributed by atoms with Gasteiger partial charge in [-0.05, 0) is 31.6 Å². The normalized spacial score (nSPS) is 12.9. The van der Waals surface area contributed by atoms with Crippen LogP contribution in [0.2, 0.25) is 0 Å². The molecule has 4 nitrogen and oxygen atoms in total. The minimum absolute atomic E-state index is 0.336. The standard InChI is InChI=1S/C37H72O4/c1-5-8-10-11-12-13-14-15-16-17-18-19-20-24-27-31-36(38)41-37(39)32-28-25-22-21-23-26-30-35(40-4)33-34(7-3)29-9-6-2/h34-35H,5-33H2,1-4H3. The molecule has 0 aliphatic heterocycles. The van der Waals surface area contributed by atoms with Gasteiger partial charge < -0.3 is 9.47 Å². The molecule has 2 atom stereocenters. The number of carbonyl (C=O) groups excluding carboxylic acids is 2. The van der Waals surface area contributed by atoms with Crippen molar-refractivity contribution in [2.45, 2.75) is 213 Å². The van der Waals surface area contributed by atoms with E-state index in [1.54, 1.807) is 0 Å². The van der Waals surface area contributed by atoms with Gasteiger partial charge in [-0.15, -0.1) is 0 Å². The Bertz CT molecular complexity index is 561. The third-order valence-electron chi connectivity index (χ3n) is 8.84. The molecule has 0 aliphatic rings. The predicted molar refractivity (Wildman–Crippen MR) is 176 cm³/mol. The lowest BCUT2D eigenvalue weighted by molar-refractivity contribution is -0.159. The Labute approximate surface area is 256 Å². The fraction of sp³-hybridized carbons (Fsp3) is 0.946. The molecule has 0 rings (SSSR count). The Hall–Kier alpha value is -0.900. The highest BCUT2D eigenvalue weighted by Gasteiger charge is 2.14. The molecule has 2 unspecified atom stereocenters. The Morgan fingerprint density at radius 3 is 1.27 bits per heavy atom. The summed E-state index contributed by atoms with van der Waals surface area (Å²) >= 11 is 0. The lowest BCUT2D eigenvalue weighted by atomic mass is 9.91. The highest BCUT2D eigenvalue weighted by molar-refractivity contribution is 5.85. The van der Waals surface area contributed by atoms with Gasteiger partial charge in [0.25, 0.3) is 0 Å². The van der Waals surface area contributed by atoms with Gasteiger partial charge in [-0.25, -0.2) is 0 Å². The van der Waals surface area contributed by atoms with Crippen LogP contribution in [-0.4, -0.2) is 25.2 Å².